The van der Waals surface area contributed by atoms with Gasteiger partial charge >= 0.3 is 0 Å². The zero-order valence-corrected chi connectivity index (χ0v) is 13.2. The lowest BCUT2D eigenvalue weighted by Gasteiger charge is -2.23. The van der Waals surface area contributed by atoms with E-state index in [-0.39, 0.29) is 0 Å². The molecule has 1 aromatic carbocycles. The topological polar surface area (TPSA) is 47.7 Å². The number of ether oxygens (including phenoxy) is 2. The predicted molar refractivity (Wildman–Crippen MR) is 79.8 cm³/mol. The molecule has 0 spiro atoms. The van der Waals surface area contributed by atoms with Crippen LogP contribution in [0.25, 0.3) is 0 Å². The van der Waals surface area contributed by atoms with Gasteiger partial charge in [-0.2, -0.15) is 0 Å². The van der Waals surface area contributed by atoms with Crippen molar-refractivity contribution in [2.45, 2.75) is 12.5 Å². The molecule has 0 saturated carbocycles. The molecule has 1 fully saturated rings. The summed E-state index contributed by atoms with van der Waals surface area (Å²) in [6.45, 7) is 1.76. The van der Waals surface area contributed by atoms with Gasteiger partial charge in [-0.15, -0.1) is 0 Å². The van der Waals surface area contributed by atoms with Gasteiger partial charge in [0.1, 0.15) is 0 Å². The van der Waals surface area contributed by atoms with E-state index in [1.165, 1.54) is 5.56 Å². The number of rotatable bonds is 4. The molecule has 2 atom stereocenters. The number of likely N-dealkylation sites (tertiary alicyclic amines) is 1. The Balaban J connectivity index is 2.40. The minimum atomic E-state index is 0.338. The number of hydrogen-bond donors (Lipinski definition) is 1. The highest BCUT2D eigenvalue weighted by Gasteiger charge is 2.32. The molecule has 19 heavy (non-hydrogen) atoms. The van der Waals surface area contributed by atoms with Gasteiger partial charge in [-0.25, -0.2) is 0 Å². The van der Waals surface area contributed by atoms with E-state index in [4.69, 9.17) is 15.2 Å². The zero-order chi connectivity index (χ0) is 14.0. The number of halogens is 1. The Morgan fingerprint density at radius 3 is 2.53 bits per heavy atom. The molecule has 2 unspecified atom stereocenters. The molecule has 0 bridgehead atoms. The Hall–Kier alpha value is -0.780. The quantitative estimate of drug-likeness (QED) is 0.922. The summed E-state index contributed by atoms with van der Waals surface area (Å²) in [5.41, 5.74) is 6.96. The molecule has 1 saturated heterocycles. The van der Waals surface area contributed by atoms with Crippen LogP contribution >= 0.6 is 15.9 Å². The Morgan fingerprint density at radius 1 is 1.32 bits per heavy atom. The van der Waals surface area contributed by atoms with Crippen LogP contribution < -0.4 is 15.2 Å². The number of nitrogens with zero attached hydrogens (tertiary/aromatic N) is 1. The maximum absolute atomic E-state index is 5.80. The molecule has 5 heteroatoms. The van der Waals surface area contributed by atoms with Gasteiger partial charge in [0.05, 0.1) is 18.7 Å². The Bertz CT molecular complexity index is 453. The van der Waals surface area contributed by atoms with Crippen molar-refractivity contribution in [1.82, 2.24) is 4.90 Å². The van der Waals surface area contributed by atoms with Crippen molar-refractivity contribution >= 4 is 15.9 Å². The van der Waals surface area contributed by atoms with Gasteiger partial charge in [-0.05, 0) is 47.9 Å². The SMILES string of the molecule is COc1c(Br)ccc(C2CC(CN)CN2C)c1OC. The fraction of sp³-hybridized carbons (Fsp3) is 0.571. The summed E-state index contributed by atoms with van der Waals surface area (Å²) in [7, 11) is 5.48. The molecule has 0 amide bonds. The maximum atomic E-state index is 5.80. The van der Waals surface area contributed by atoms with Crippen molar-refractivity contribution in [2.75, 3.05) is 34.4 Å². The normalized spacial score (nSPS) is 23.6. The van der Waals surface area contributed by atoms with Crippen LogP contribution in [0.1, 0.15) is 18.0 Å². The zero-order valence-electron chi connectivity index (χ0n) is 11.6. The van der Waals surface area contributed by atoms with E-state index < -0.39 is 0 Å². The van der Waals surface area contributed by atoms with Gasteiger partial charge in [0.25, 0.3) is 0 Å². The van der Waals surface area contributed by atoms with Crippen molar-refractivity contribution in [3.63, 3.8) is 0 Å². The van der Waals surface area contributed by atoms with E-state index in [1.54, 1.807) is 14.2 Å². The van der Waals surface area contributed by atoms with E-state index in [9.17, 15) is 0 Å². The van der Waals surface area contributed by atoms with E-state index >= 15 is 0 Å². The third kappa shape index (κ3) is 2.73. The molecule has 1 heterocycles. The van der Waals surface area contributed by atoms with Crippen LogP contribution in [0.5, 0.6) is 11.5 Å². The molecule has 1 aromatic rings. The highest BCUT2D eigenvalue weighted by Crippen LogP contribution is 2.45. The molecule has 1 aliphatic heterocycles. The lowest BCUT2D eigenvalue weighted by atomic mass is 9.99. The van der Waals surface area contributed by atoms with Gasteiger partial charge in [0, 0.05) is 18.2 Å². The standard InChI is InChI=1S/C14H21BrN2O2/c1-17-8-9(7-16)6-12(17)10-4-5-11(15)14(19-3)13(10)18-2/h4-5,9,12H,6-8,16H2,1-3H3. The fourth-order valence-electron chi connectivity index (χ4n) is 2.86. The van der Waals surface area contributed by atoms with Crippen LogP contribution in [-0.2, 0) is 0 Å². The summed E-state index contributed by atoms with van der Waals surface area (Å²) in [4.78, 5) is 2.34. The second-order valence-electron chi connectivity index (χ2n) is 5.00. The largest absolute Gasteiger partial charge is 0.492 e. The number of methoxy groups -OCH3 is 2. The van der Waals surface area contributed by atoms with Crippen molar-refractivity contribution in [1.29, 1.82) is 0 Å². The summed E-state index contributed by atoms with van der Waals surface area (Å²) in [6.07, 6.45) is 1.06. The van der Waals surface area contributed by atoms with Crippen molar-refractivity contribution < 1.29 is 9.47 Å². The van der Waals surface area contributed by atoms with Gasteiger partial charge in [0.15, 0.2) is 11.5 Å². The summed E-state index contributed by atoms with van der Waals surface area (Å²) in [6, 6.07) is 4.46. The minimum absolute atomic E-state index is 0.338. The highest BCUT2D eigenvalue weighted by molar-refractivity contribution is 9.10. The van der Waals surface area contributed by atoms with Gasteiger partial charge in [-0.1, -0.05) is 6.07 Å². The lowest BCUT2D eigenvalue weighted by Crippen LogP contribution is -2.21. The average molecular weight is 329 g/mol. The lowest BCUT2D eigenvalue weighted by molar-refractivity contribution is 0.295. The van der Waals surface area contributed by atoms with Crippen molar-refractivity contribution in [3.8, 4) is 11.5 Å². The average Bonchev–Trinajstić information content (AvgIpc) is 2.79. The second-order valence-corrected chi connectivity index (χ2v) is 5.85. The van der Waals surface area contributed by atoms with Gasteiger partial charge < -0.3 is 15.2 Å². The summed E-state index contributed by atoms with van der Waals surface area (Å²) >= 11 is 3.49. The Kier molecular flexibility index (Phi) is 4.71. The molecule has 0 radical (unpaired) electrons. The highest BCUT2D eigenvalue weighted by atomic mass is 79.9. The van der Waals surface area contributed by atoms with Crippen molar-refractivity contribution in [2.24, 2.45) is 11.7 Å². The molecular weight excluding hydrogens is 308 g/mol. The fourth-order valence-corrected chi connectivity index (χ4v) is 3.33. The first-order chi connectivity index (χ1) is 9.12. The van der Waals surface area contributed by atoms with Crippen LogP contribution in [0.3, 0.4) is 0 Å². The first-order valence-electron chi connectivity index (χ1n) is 6.43. The molecular formula is C14H21BrN2O2. The Morgan fingerprint density at radius 2 is 2.00 bits per heavy atom. The first kappa shape index (κ1) is 14.6. The molecule has 4 nitrogen and oxygen atoms in total. The molecule has 2 N–H and O–H groups in total. The maximum Gasteiger partial charge on any atom is 0.175 e. The van der Waals surface area contributed by atoms with E-state index in [0.29, 0.717) is 12.0 Å². The second kappa shape index (κ2) is 6.11. The van der Waals surface area contributed by atoms with Crippen LogP contribution in [0, 0.1) is 5.92 Å². The van der Waals surface area contributed by atoms with Crippen LogP contribution in [0.15, 0.2) is 16.6 Å². The summed E-state index contributed by atoms with van der Waals surface area (Å²) in [5.74, 6) is 2.12. The van der Waals surface area contributed by atoms with Crippen LogP contribution in [0.2, 0.25) is 0 Å². The third-order valence-electron chi connectivity index (χ3n) is 3.83. The smallest absolute Gasteiger partial charge is 0.175 e. The predicted octanol–water partition coefficient (Wildman–Crippen LogP) is 2.42. The summed E-state index contributed by atoms with van der Waals surface area (Å²) in [5, 5.41) is 0. The van der Waals surface area contributed by atoms with E-state index in [1.807, 2.05) is 6.07 Å². The Labute approximate surface area is 123 Å². The molecule has 106 valence electrons. The number of nitrogens with two attached hydrogens (primary N) is 1. The van der Waals surface area contributed by atoms with Gasteiger partial charge in [-0.3, -0.25) is 4.90 Å². The number of benzene rings is 1. The van der Waals surface area contributed by atoms with Gasteiger partial charge in [0.2, 0.25) is 0 Å². The molecule has 1 aliphatic rings. The first-order valence-corrected chi connectivity index (χ1v) is 7.22. The summed E-state index contributed by atoms with van der Waals surface area (Å²) < 4.78 is 11.9. The number of hydrogen-bond acceptors (Lipinski definition) is 4. The molecule has 2 rings (SSSR count). The minimum Gasteiger partial charge on any atom is -0.492 e. The van der Waals surface area contributed by atoms with E-state index in [0.717, 1.165) is 35.5 Å². The van der Waals surface area contributed by atoms with Crippen molar-refractivity contribution in [3.05, 3.63) is 22.2 Å². The molecule has 0 aliphatic carbocycles. The van der Waals surface area contributed by atoms with E-state index in [2.05, 4.69) is 33.9 Å². The van der Waals surface area contributed by atoms with Crippen LogP contribution in [-0.4, -0.2) is 39.3 Å². The molecule has 0 aromatic heterocycles. The monoisotopic (exact) mass is 328 g/mol. The third-order valence-corrected chi connectivity index (χ3v) is 4.45. The van der Waals surface area contributed by atoms with Crippen LogP contribution in [0.4, 0.5) is 0 Å².